The average Bonchev–Trinajstić information content (AvgIpc) is 2.73. The highest BCUT2D eigenvalue weighted by atomic mass is 35.5. The van der Waals surface area contributed by atoms with Crippen molar-refractivity contribution < 1.29 is 13.6 Å². The minimum atomic E-state index is -2.00. The number of amides is 1. The molecule has 1 fully saturated rings. The van der Waals surface area contributed by atoms with E-state index in [0.717, 1.165) is 25.7 Å². The Morgan fingerprint density at radius 3 is 2.60 bits per heavy atom. The van der Waals surface area contributed by atoms with Crippen LogP contribution in [0.25, 0.3) is 0 Å². The number of unbranched alkanes of at least 4 members (excludes halogenated alkanes) is 3. The van der Waals surface area contributed by atoms with Crippen LogP contribution in [0.15, 0.2) is 48.2 Å². The van der Waals surface area contributed by atoms with Crippen LogP contribution in [0.4, 0.5) is 5.69 Å². The van der Waals surface area contributed by atoms with Crippen LogP contribution < -0.4 is 5.32 Å². The van der Waals surface area contributed by atoms with Gasteiger partial charge in [-0.25, -0.2) is 4.21 Å². The van der Waals surface area contributed by atoms with Crippen LogP contribution in [0.3, 0.4) is 0 Å². The van der Waals surface area contributed by atoms with Crippen molar-refractivity contribution in [2.45, 2.75) is 32.1 Å². The molecule has 3 N–H and O–H groups in total. The Hall–Kier alpha value is -2.00. The maximum Gasteiger partial charge on any atom is 0.253 e. The standard InChI is InChI=1S/C21H29ClN4O3S/c1-2-3-4-5-6-10-19(21(27)24-18-9-7-8-17(22)15-18)20(16-23)25-11-13-26(14-12-25)30(28)29/h2,7-9,15-16,23H,1,3-6,10-14H2,(H,24,27)(H,28,29)/b20-19+,23-16?. The highest BCUT2D eigenvalue weighted by Gasteiger charge is 2.25. The van der Waals surface area contributed by atoms with E-state index in [0.29, 0.717) is 54.6 Å². The maximum atomic E-state index is 13.1. The lowest BCUT2D eigenvalue weighted by Crippen LogP contribution is -2.47. The summed E-state index contributed by atoms with van der Waals surface area (Å²) in [6, 6.07) is 6.95. The van der Waals surface area contributed by atoms with Crippen molar-refractivity contribution >= 4 is 40.7 Å². The molecule has 0 radical (unpaired) electrons. The number of hydrogen-bond acceptors (Lipinski definition) is 4. The van der Waals surface area contributed by atoms with E-state index in [1.807, 2.05) is 11.0 Å². The zero-order chi connectivity index (χ0) is 21.9. The summed E-state index contributed by atoms with van der Waals surface area (Å²) in [6.07, 6.45) is 7.37. The molecule has 1 aliphatic rings. The van der Waals surface area contributed by atoms with Crippen LogP contribution in [-0.4, -0.2) is 56.3 Å². The summed E-state index contributed by atoms with van der Waals surface area (Å²) in [7, 11) is 0. The first-order valence-corrected chi connectivity index (χ1v) is 11.4. The van der Waals surface area contributed by atoms with Gasteiger partial charge in [-0.1, -0.05) is 30.2 Å². The van der Waals surface area contributed by atoms with E-state index in [9.17, 15) is 13.6 Å². The Labute approximate surface area is 185 Å². The molecule has 1 saturated heterocycles. The fourth-order valence-electron chi connectivity index (χ4n) is 3.35. The Morgan fingerprint density at radius 1 is 1.27 bits per heavy atom. The fourth-order valence-corrected chi connectivity index (χ4v) is 4.02. The second-order valence-corrected chi connectivity index (χ2v) is 8.42. The normalized spacial score (nSPS) is 16.5. The molecule has 0 aliphatic carbocycles. The van der Waals surface area contributed by atoms with Gasteiger partial charge >= 0.3 is 0 Å². The number of carbonyl (C=O) groups excluding carboxylic acids is 1. The molecule has 1 aromatic carbocycles. The van der Waals surface area contributed by atoms with Crippen molar-refractivity contribution in [3.8, 4) is 0 Å². The Kier molecular flexibility index (Phi) is 10.2. The molecule has 30 heavy (non-hydrogen) atoms. The van der Waals surface area contributed by atoms with Gasteiger partial charge in [0.05, 0.1) is 5.70 Å². The Bertz CT molecular complexity index is 807. The summed E-state index contributed by atoms with van der Waals surface area (Å²) >= 11 is 4.02. The molecule has 164 valence electrons. The highest BCUT2D eigenvalue weighted by molar-refractivity contribution is 7.76. The van der Waals surface area contributed by atoms with Crippen LogP contribution in [0.5, 0.6) is 0 Å². The van der Waals surface area contributed by atoms with E-state index < -0.39 is 11.3 Å². The monoisotopic (exact) mass is 452 g/mol. The van der Waals surface area contributed by atoms with Gasteiger partial charge in [0.25, 0.3) is 5.91 Å². The van der Waals surface area contributed by atoms with Crippen molar-refractivity contribution in [1.82, 2.24) is 9.21 Å². The molecule has 1 unspecified atom stereocenters. The lowest BCUT2D eigenvalue weighted by molar-refractivity contribution is -0.113. The third kappa shape index (κ3) is 7.36. The zero-order valence-electron chi connectivity index (χ0n) is 17.0. The molecule has 1 amide bonds. The summed E-state index contributed by atoms with van der Waals surface area (Å²) < 4.78 is 22.0. The molecule has 1 atom stereocenters. The summed E-state index contributed by atoms with van der Waals surface area (Å²) in [5.41, 5.74) is 1.70. The number of carbonyl (C=O) groups is 1. The molecule has 1 aliphatic heterocycles. The van der Waals surface area contributed by atoms with Crippen molar-refractivity contribution in [3.63, 3.8) is 0 Å². The van der Waals surface area contributed by atoms with Gasteiger partial charge in [0.1, 0.15) is 0 Å². The topological polar surface area (TPSA) is 96.7 Å². The third-order valence-corrected chi connectivity index (χ3v) is 5.98. The van der Waals surface area contributed by atoms with Gasteiger partial charge in [-0.05, 0) is 43.9 Å². The minimum absolute atomic E-state index is 0.257. The molecule has 0 spiro atoms. The summed E-state index contributed by atoms with van der Waals surface area (Å²) in [6.45, 7) is 5.46. The molecule has 0 saturated carbocycles. The van der Waals surface area contributed by atoms with Crippen LogP contribution in [-0.2, 0) is 16.1 Å². The van der Waals surface area contributed by atoms with Gasteiger partial charge < -0.3 is 15.6 Å². The largest absolute Gasteiger partial charge is 0.367 e. The predicted octanol–water partition coefficient (Wildman–Crippen LogP) is 4.07. The van der Waals surface area contributed by atoms with Crippen molar-refractivity contribution in [1.29, 1.82) is 5.41 Å². The second-order valence-electron chi connectivity index (χ2n) is 7.01. The third-order valence-electron chi connectivity index (χ3n) is 4.94. The zero-order valence-corrected chi connectivity index (χ0v) is 18.6. The molecule has 2 rings (SSSR count). The van der Waals surface area contributed by atoms with Crippen molar-refractivity contribution in [2.24, 2.45) is 0 Å². The highest BCUT2D eigenvalue weighted by Crippen LogP contribution is 2.22. The van der Waals surface area contributed by atoms with Crippen molar-refractivity contribution in [2.75, 3.05) is 31.5 Å². The van der Waals surface area contributed by atoms with Gasteiger partial charge in [-0.3, -0.25) is 9.35 Å². The van der Waals surface area contributed by atoms with Crippen molar-refractivity contribution in [3.05, 3.63) is 53.2 Å². The van der Waals surface area contributed by atoms with E-state index in [-0.39, 0.29) is 5.91 Å². The summed E-state index contributed by atoms with van der Waals surface area (Å²) in [5, 5.41) is 11.4. The SMILES string of the molecule is C=CCCCCC/C(C(=O)Nc1cccc(Cl)c1)=C(/C=N)N1CCN(S(=O)O)CC1. The molecule has 0 aromatic heterocycles. The minimum Gasteiger partial charge on any atom is -0.367 e. The summed E-state index contributed by atoms with van der Waals surface area (Å²) in [5.74, 6) is -0.257. The predicted molar refractivity (Wildman–Crippen MR) is 123 cm³/mol. The first-order valence-electron chi connectivity index (χ1n) is 9.98. The summed E-state index contributed by atoms with van der Waals surface area (Å²) in [4.78, 5) is 15.0. The molecule has 1 heterocycles. The van der Waals surface area contributed by atoms with Crippen LogP contribution in [0.1, 0.15) is 32.1 Å². The van der Waals surface area contributed by atoms with Gasteiger partial charge in [0, 0.05) is 48.7 Å². The van der Waals surface area contributed by atoms with E-state index in [4.69, 9.17) is 17.0 Å². The van der Waals surface area contributed by atoms with E-state index in [1.54, 1.807) is 24.3 Å². The molecule has 1 aromatic rings. The molecular formula is C21H29ClN4O3S. The van der Waals surface area contributed by atoms with Gasteiger partial charge in [0.2, 0.25) is 11.3 Å². The van der Waals surface area contributed by atoms with E-state index in [2.05, 4.69) is 11.9 Å². The van der Waals surface area contributed by atoms with Gasteiger partial charge in [-0.2, -0.15) is 4.31 Å². The van der Waals surface area contributed by atoms with Crippen LogP contribution >= 0.6 is 11.6 Å². The number of nitrogens with one attached hydrogen (secondary N) is 2. The smallest absolute Gasteiger partial charge is 0.253 e. The van der Waals surface area contributed by atoms with Crippen LogP contribution in [0, 0.1) is 5.41 Å². The number of rotatable bonds is 11. The number of allylic oxidation sites excluding steroid dienone is 2. The number of halogens is 1. The first-order chi connectivity index (χ1) is 14.5. The number of piperazine rings is 1. The van der Waals surface area contributed by atoms with E-state index in [1.165, 1.54) is 10.5 Å². The molecular weight excluding hydrogens is 424 g/mol. The Balaban J connectivity index is 2.20. The fraction of sp³-hybridized carbons (Fsp3) is 0.429. The number of nitrogens with zero attached hydrogens (tertiary/aromatic N) is 2. The maximum absolute atomic E-state index is 13.1. The number of anilines is 1. The van der Waals surface area contributed by atoms with E-state index >= 15 is 0 Å². The number of hydrogen-bond donors (Lipinski definition) is 3. The number of benzene rings is 1. The average molecular weight is 453 g/mol. The first kappa shape index (κ1) is 24.3. The van der Waals surface area contributed by atoms with Gasteiger partial charge in [-0.15, -0.1) is 6.58 Å². The molecule has 7 nitrogen and oxygen atoms in total. The molecule has 0 bridgehead atoms. The van der Waals surface area contributed by atoms with Gasteiger partial charge in [0.15, 0.2) is 0 Å². The lowest BCUT2D eigenvalue weighted by atomic mass is 10.0. The lowest BCUT2D eigenvalue weighted by Gasteiger charge is -2.35. The Morgan fingerprint density at radius 2 is 2.00 bits per heavy atom. The quantitative estimate of drug-likeness (QED) is 0.155. The van der Waals surface area contributed by atoms with Crippen LogP contribution in [0.2, 0.25) is 5.02 Å². The second kappa shape index (κ2) is 12.6. The molecule has 9 heteroatoms.